The van der Waals surface area contributed by atoms with Gasteiger partial charge < -0.3 is 15.0 Å². The molecule has 1 saturated heterocycles. The highest BCUT2D eigenvalue weighted by atomic mass is 16.5. The van der Waals surface area contributed by atoms with Crippen molar-refractivity contribution >= 4 is 16.8 Å². The first-order valence-corrected chi connectivity index (χ1v) is 9.99. The van der Waals surface area contributed by atoms with E-state index in [4.69, 9.17) is 4.74 Å². The lowest BCUT2D eigenvalue weighted by atomic mass is 10.0. The first-order valence-electron chi connectivity index (χ1n) is 9.99. The van der Waals surface area contributed by atoms with Crippen LogP contribution in [0.4, 0.5) is 0 Å². The van der Waals surface area contributed by atoms with Crippen molar-refractivity contribution in [2.45, 2.75) is 18.9 Å². The summed E-state index contributed by atoms with van der Waals surface area (Å²) in [6, 6.07) is 18.5. The molecule has 1 aliphatic rings. The Balaban J connectivity index is 1.40. The molecule has 1 atom stereocenters. The third-order valence-corrected chi connectivity index (χ3v) is 5.38. The Bertz CT molecular complexity index is 900. The van der Waals surface area contributed by atoms with Crippen molar-refractivity contribution in [2.24, 2.45) is 0 Å². The highest BCUT2D eigenvalue weighted by Gasteiger charge is 2.20. The number of ether oxygens (including phenoxy) is 1. The number of hydrogen-bond acceptors (Lipinski definition) is 3. The van der Waals surface area contributed by atoms with Gasteiger partial charge in [-0.2, -0.15) is 0 Å². The van der Waals surface area contributed by atoms with Gasteiger partial charge in [0, 0.05) is 43.2 Å². The quantitative estimate of drug-likeness (QED) is 0.664. The fourth-order valence-electron chi connectivity index (χ4n) is 3.81. The molecule has 0 bridgehead atoms. The van der Waals surface area contributed by atoms with Crippen LogP contribution in [-0.4, -0.2) is 48.6 Å². The van der Waals surface area contributed by atoms with Crippen LogP contribution < -0.4 is 5.32 Å². The standard InChI is InChI=1S/C23H27N3O2/c27-23(11-10-19-16-24-21-9-5-4-8-20(19)21)25-22(18-6-2-1-3-7-18)17-26-12-14-28-15-13-26/h1-9,16,22,24H,10-15,17H2,(H,25,27)/t22-/m1/s1. The lowest BCUT2D eigenvalue weighted by Gasteiger charge is -2.31. The van der Waals surface area contributed by atoms with Gasteiger partial charge in [0.25, 0.3) is 0 Å². The summed E-state index contributed by atoms with van der Waals surface area (Å²) in [4.78, 5) is 18.4. The van der Waals surface area contributed by atoms with Gasteiger partial charge >= 0.3 is 0 Å². The van der Waals surface area contributed by atoms with Crippen LogP contribution >= 0.6 is 0 Å². The van der Waals surface area contributed by atoms with E-state index in [2.05, 4.69) is 39.5 Å². The minimum absolute atomic E-state index is 0.00484. The zero-order valence-corrected chi connectivity index (χ0v) is 16.1. The Labute approximate surface area is 165 Å². The SMILES string of the molecule is O=C(CCc1c[nH]c2ccccc12)N[C@H](CN1CCOCC1)c1ccccc1. The lowest BCUT2D eigenvalue weighted by Crippen LogP contribution is -2.43. The number of para-hydroxylation sites is 1. The number of aromatic amines is 1. The second kappa shape index (κ2) is 9.04. The Morgan fingerprint density at radius 3 is 2.64 bits per heavy atom. The molecule has 1 aromatic heterocycles. The predicted octanol–water partition coefficient (Wildman–Crippen LogP) is 3.29. The van der Waals surface area contributed by atoms with Crippen molar-refractivity contribution in [2.75, 3.05) is 32.8 Å². The molecular weight excluding hydrogens is 350 g/mol. The number of H-pyrrole nitrogens is 1. The molecule has 3 aromatic rings. The minimum atomic E-state index is -0.00484. The van der Waals surface area contributed by atoms with Gasteiger partial charge in [-0.05, 0) is 23.6 Å². The number of carbonyl (C=O) groups excluding carboxylic acids is 1. The highest BCUT2D eigenvalue weighted by Crippen LogP contribution is 2.20. The molecule has 1 amide bonds. The summed E-state index contributed by atoms with van der Waals surface area (Å²) >= 11 is 0. The predicted molar refractivity (Wildman–Crippen MR) is 111 cm³/mol. The summed E-state index contributed by atoms with van der Waals surface area (Å²) in [5.74, 6) is 0.0902. The molecule has 1 fully saturated rings. The third-order valence-electron chi connectivity index (χ3n) is 5.38. The zero-order chi connectivity index (χ0) is 19.2. The average molecular weight is 377 g/mol. The van der Waals surface area contributed by atoms with Crippen LogP contribution in [0.15, 0.2) is 60.8 Å². The number of hydrogen-bond donors (Lipinski definition) is 2. The van der Waals surface area contributed by atoms with E-state index in [9.17, 15) is 4.79 Å². The molecule has 0 saturated carbocycles. The van der Waals surface area contributed by atoms with Gasteiger partial charge in [0.05, 0.1) is 19.3 Å². The summed E-state index contributed by atoms with van der Waals surface area (Å²) in [5, 5.41) is 4.46. The van der Waals surface area contributed by atoms with E-state index < -0.39 is 0 Å². The number of benzene rings is 2. The van der Waals surface area contributed by atoms with Gasteiger partial charge in [0.15, 0.2) is 0 Å². The third kappa shape index (κ3) is 4.61. The number of fused-ring (bicyclic) bond motifs is 1. The summed E-state index contributed by atoms with van der Waals surface area (Å²) in [7, 11) is 0. The molecule has 2 aromatic carbocycles. The van der Waals surface area contributed by atoms with Crippen molar-refractivity contribution in [3.63, 3.8) is 0 Å². The maximum atomic E-state index is 12.7. The Kier molecular flexibility index (Phi) is 6.04. The number of rotatable bonds is 7. The van der Waals surface area contributed by atoms with Crippen LogP contribution in [0.5, 0.6) is 0 Å². The van der Waals surface area contributed by atoms with E-state index in [1.165, 1.54) is 10.9 Å². The van der Waals surface area contributed by atoms with Crippen LogP contribution in [0.1, 0.15) is 23.6 Å². The fraction of sp³-hybridized carbons (Fsp3) is 0.348. The normalized spacial score (nSPS) is 16.1. The van der Waals surface area contributed by atoms with E-state index >= 15 is 0 Å². The Morgan fingerprint density at radius 1 is 1.07 bits per heavy atom. The van der Waals surface area contributed by atoms with E-state index in [-0.39, 0.29) is 11.9 Å². The number of nitrogens with one attached hydrogen (secondary N) is 2. The van der Waals surface area contributed by atoms with E-state index in [1.807, 2.05) is 36.5 Å². The summed E-state index contributed by atoms with van der Waals surface area (Å²) in [6.07, 6.45) is 3.23. The zero-order valence-electron chi connectivity index (χ0n) is 16.1. The summed E-state index contributed by atoms with van der Waals surface area (Å²) in [6.45, 7) is 4.15. The van der Waals surface area contributed by atoms with Gasteiger partial charge in [-0.25, -0.2) is 0 Å². The Morgan fingerprint density at radius 2 is 1.82 bits per heavy atom. The number of nitrogens with zero attached hydrogens (tertiary/aromatic N) is 1. The maximum Gasteiger partial charge on any atom is 0.220 e. The molecule has 2 N–H and O–H groups in total. The van der Waals surface area contributed by atoms with Crippen LogP contribution in [0.25, 0.3) is 10.9 Å². The molecule has 5 nitrogen and oxygen atoms in total. The van der Waals surface area contributed by atoms with E-state index in [0.29, 0.717) is 6.42 Å². The Hall–Kier alpha value is -2.63. The molecule has 0 aliphatic carbocycles. The molecular formula is C23H27N3O2. The maximum absolute atomic E-state index is 12.7. The smallest absolute Gasteiger partial charge is 0.220 e. The van der Waals surface area contributed by atoms with Crippen molar-refractivity contribution in [3.05, 3.63) is 71.9 Å². The molecule has 5 heteroatoms. The van der Waals surface area contributed by atoms with Crippen molar-refractivity contribution in [1.82, 2.24) is 15.2 Å². The number of morpholine rings is 1. The molecule has 0 spiro atoms. The van der Waals surface area contributed by atoms with Crippen molar-refractivity contribution < 1.29 is 9.53 Å². The first kappa shape index (κ1) is 18.7. The molecule has 4 rings (SSSR count). The molecule has 146 valence electrons. The van der Waals surface area contributed by atoms with Gasteiger partial charge in [-0.15, -0.1) is 0 Å². The molecule has 1 aliphatic heterocycles. The number of aromatic nitrogens is 1. The van der Waals surface area contributed by atoms with E-state index in [1.54, 1.807) is 0 Å². The van der Waals surface area contributed by atoms with Crippen LogP contribution in [0.2, 0.25) is 0 Å². The first-order chi connectivity index (χ1) is 13.8. The monoisotopic (exact) mass is 377 g/mol. The molecule has 0 unspecified atom stereocenters. The molecule has 2 heterocycles. The second-order valence-electron chi connectivity index (χ2n) is 7.30. The second-order valence-corrected chi connectivity index (χ2v) is 7.30. The van der Waals surface area contributed by atoms with E-state index in [0.717, 1.165) is 50.3 Å². The van der Waals surface area contributed by atoms with Crippen LogP contribution in [0.3, 0.4) is 0 Å². The topological polar surface area (TPSA) is 57.4 Å². The summed E-state index contributed by atoms with van der Waals surface area (Å²) in [5.41, 5.74) is 3.46. The minimum Gasteiger partial charge on any atom is -0.379 e. The van der Waals surface area contributed by atoms with Gasteiger partial charge in [0.1, 0.15) is 0 Å². The number of amides is 1. The highest BCUT2D eigenvalue weighted by molar-refractivity contribution is 5.84. The number of carbonyl (C=O) groups is 1. The van der Waals surface area contributed by atoms with Crippen molar-refractivity contribution in [1.29, 1.82) is 0 Å². The van der Waals surface area contributed by atoms with Gasteiger partial charge in [-0.1, -0.05) is 48.5 Å². The van der Waals surface area contributed by atoms with Gasteiger partial charge in [0.2, 0.25) is 5.91 Å². The fourth-order valence-corrected chi connectivity index (χ4v) is 3.81. The van der Waals surface area contributed by atoms with Crippen LogP contribution in [-0.2, 0) is 16.0 Å². The van der Waals surface area contributed by atoms with Crippen molar-refractivity contribution in [3.8, 4) is 0 Å². The average Bonchev–Trinajstić information content (AvgIpc) is 3.16. The lowest BCUT2D eigenvalue weighted by molar-refractivity contribution is -0.122. The largest absolute Gasteiger partial charge is 0.379 e. The van der Waals surface area contributed by atoms with Crippen LogP contribution in [0, 0.1) is 0 Å². The van der Waals surface area contributed by atoms with Gasteiger partial charge in [-0.3, -0.25) is 9.69 Å². The number of aryl methyl sites for hydroxylation is 1. The molecule has 28 heavy (non-hydrogen) atoms. The summed E-state index contributed by atoms with van der Waals surface area (Å²) < 4.78 is 5.45. The molecule has 0 radical (unpaired) electrons.